The van der Waals surface area contributed by atoms with Crippen molar-refractivity contribution in [3.05, 3.63) is 48.0 Å². The Bertz CT molecular complexity index is 870. The molecule has 0 aliphatic heterocycles. The molecule has 8 nitrogen and oxygen atoms in total. The summed E-state index contributed by atoms with van der Waals surface area (Å²) in [5, 5.41) is 5.66. The lowest BCUT2D eigenvalue weighted by atomic mass is 10.1. The molecule has 3 amide bonds. The van der Waals surface area contributed by atoms with Crippen LogP contribution in [-0.4, -0.2) is 56.8 Å². The number of hydrogen-bond acceptors (Lipinski definition) is 5. The molecule has 32 heavy (non-hydrogen) atoms. The van der Waals surface area contributed by atoms with Gasteiger partial charge in [-0.3, -0.25) is 4.79 Å². The molecule has 0 atom stereocenters. The molecule has 2 rings (SSSR count). The fourth-order valence-corrected chi connectivity index (χ4v) is 3.05. The van der Waals surface area contributed by atoms with E-state index >= 15 is 0 Å². The summed E-state index contributed by atoms with van der Waals surface area (Å²) >= 11 is 0. The van der Waals surface area contributed by atoms with Crippen LogP contribution in [0.1, 0.15) is 26.3 Å². The Morgan fingerprint density at radius 1 is 0.938 bits per heavy atom. The van der Waals surface area contributed by atoms with Crippen molar-refractivity contribution >= 4 is 17.6 Å². The molecule has 0 fully saturated rings. The summed E-state index contributed by atoms with van der Waals surface area (Å²) in [6, 6.07) is 12.5. The lowest BCUT2D eigenvalue weighted by Gasteiger charge is -2.21. The molecule has 2 N–H and O–H groups in total. The molecule has 0 bridgehead atoms. The first-order valence-electron chi connectivity index (χ1n) is 10.9. The summed E-state index contributed by atoms with van der Waals surface area (Å²) in [4.78, 5) is 26.3. The summed E-state index contributed by atoms with van der Waals surface area (Å²) in [5.41, 5.74) is 1.67. The Balaban J connectivity index is 1.84. The Morgan fingerprint density at radius 2 is 1.62 bits per heavy atom. The number of benzene rings is 2. The predicted octanol–water partition coefficient (Wildman–Crippen LogP) is 3.71. The van der Waals surface area contributed by atoms with Crippen LogP contribution in [0, 0.1) is 0 Å². The monoisotopic (exact) mass is 443 g/mol. The van der Waals surface area contributed by atoms with E-state index in [2.05, 4.69) is 10.6 Å². The fourth-order valence-electron chi connectivity index (χ4n) is 3.05. The highest BCUT2D eigenvalue weighted by Crippen LogP contribution is 2.28. The number of likely N-dealkylation sites (N-methyl/N-ethyl adjacent to an activating group) is 1. The number of methoxy groups -OCH3 is 1. The molecule has 0 unspecified atom stereocenters. The van der Waals surface area contributed by atoms with Crippen LogP contribution >= 0.6 is 0 Å². The minimum atomic E-state index is -0.284. The molecule has 0 saturated heterocycles. The Labute approximate surface area is 189 Å². The SMILES string of the molecule is CCOc1ccc(CCNC(=O)N(CC)CC(=O)Nc2ccc(OC)cc2)cc1OCC. The zero-order chi connectivity index (χ0) is 23.3. The maximum absolute atomic E-state index is 12.5. The van der Waals surface area contributed by atoms with Crippen molar-refractivity contribution in [2.75, 3.05) is 45.3 Å². The van der Waals surface area contributed by atoms with E-state index in [4.69, 9.17) is 14.2 Å². The van der Waals surface area contributed by atoms with Gasteiger partial charge in [0, 0.05) is 18.8 Å². The topological polar surface area (TPSA) is 89.1 Å². The molecule has 2 aromatic carbocycles. The zero-order valence-electron chi connectivity index (χ0n) is 19.3. The van der Waals surface area contributed by atoms with Gasteiger partial charge in [0.05, 0.1) is 20.3 Å². The number of carbonyl (C=O) groups excluding carboxylic acids is 2. The first-order valence-corrected chi connectivity index (χ1v) is 10.9. The second-order valence-corrected chi connectivity index (χ2v) is 6.92. The zero-order valence-corrected chi connectivity index (χ0v) is 19.3. The molecule has 0 heterocycles. The van der Waals surface area contributed by atoms with Gasteiger partial charge in [-0.25, -0.2) is 4.79 Å². The normalized spacial score (nSPS) is 10.2. The maximum atomic E-state index is 12.5. The van der Waals surface area contributed by atoms with Crippen LogP contribution in [0.3, 0.4) is 0 Å². The summed E-state index contributed by atoms with van der Waals surface area (Å²) in [5.74, 6) is 1.85. The molecule has 0 aliphatic rings. The van der Waals surface area contributed by atoms with Crippen molar-refractivity contribution in [3.63, 3.8) is 0 Å². The number of amides is 3. The standard InChI is InChI=1S/C24H33N3O5/c1-5-27(17-23(28)26-19-9-11-20(30-4)12-10-19)24(29)25-15-14-18-8-13-21(31-6-2)22(16-18)32-7-3/h8-13,16H,5-7,14-15,17H2,1-4H3,(H,25,29)(H,26,28). The minimum Gasteiger partial charge on any atom is -0.497 e. The second kappa shape index (κ2) is 13.1. The number of nitrogens with zero attached hydrogens (tertiary/aromatic N) is 1. The predicted molar refractivity (Wildman–Crippen MR) is 125 cm³/mol. The van der Waals surface area contributed by atoms with E-state index in [0.29, 0.717) is 55.7 Å². The van der Waals surface area contributed by atoms with E-state index in [1.807, 2.05) is 39.0 Å². The number of nitrogens with one attached hydrogen (secondary N) is 2. The molecule has 0 aliphatic carbocycles. The highest BCUT2D eigenvalue weighted by atomic mass is 16.5. The molecular weight excluding hydrogens is 410 g/mol. The van der Waals surface area contributed by atoms with E-state index < -0.39 is 0 Å². The van der Waals surface area contributed by atoms with E-state index in [1.165, 1.54) is 4.90 Å². The van der Waals surface area contributed by atoms with E-state index in [9.17, 15) is 9.59 Å². The van der Waals surface area contributed by atoms with Crippen molar-refractivity contribution in [1.82, 2.24) is 10.2 Å². The highest BCUT2D eigenvalue weighted by Gasteiger charge is 2.15. The Kier molecular flexibility index (Phi) is 10.2. The molecule has 0 spiro atoms. The fraction of sp³-hybridized carbons (Fsp3) is 0.417. The first kappa shape index (κ1) is 24.8. The average Bonchev–Trinajstić information content (AvgIpc) is 2.79. The van der Waals surface area contributed by atoms with Crippen molar-refractivity contribution in [1.29, 1.82) is 0 Å². The number of anilines is 1. The number of ether oxygens (including phenoxy) is 3. The molecule has 2 aromatic rings. The van der Waals surface area contributed by atoms with Crippen LogP contribution in [0.15, 0.2) is 42.5 Å². The Morgan fingerprint density at radius 3 is 2.25 bits per heavy atom. The van der Waals surface area contributed by atoms with Crippen molar-refractivity contribution in [2.24, 2.45) is 0 Å². The van der Waals surface area contributed by atoms with Gasteiger partial charge < -0.3 is 29.7 Å². The van der Waals surface area contributed by atoms with Crippen LogP contribution in [-0.2, 0) is 11.2 Å². The van der Waals surface area contributed by atoms with Crippen molar-refractivity contribution in [3.8, 4) is 17.2 Å². The van der Waals surface area contributed by atoms with Gasteiger partial charge in [-0.1, -0.05) is 6.07 Å². The highest BCUT2D eigenvalue weighted by molar-refractivity contribution is 5.94. The molecular formula is C24H33N3O5. The van der Waals surface area contributed by atoms with Crippen molar-refractivity contribution in [2.45, 2.75) is 27.2 Å². The van der Waals surface area contributed by atoms with E-state index in [1.54, 1.807) is 31.4 Å². The van der Waals surface area contributed by atoms with Crippen LogP contribution in [0.5, 0.6) is 17.2 Å². The quantitative estimate of drug-likeness (QED) is 0.522. The minimum absolute atomic E-state index is 0.0358. The molecule has 0 saturated carbocycles. The number of urea groups is 1. The van der Waals surface area contributed by atoms with Crippen molar-refractivity contribution < 1.29 is 23.8 Å². The van der Waals surface area contributed by atoms with E-state index in [0.717, 1.165) is 5.56 Å². The van der Waals surface area contributed by atoms with Gasteiger partial charge in [-0.2, -0.15) is 0 Å². The smallest absolute Gasteiger partial charge is 0.317 e. The summed E-state index contributed by atoms with van der Waals surface area (Å²) in [6.45, 7) is 7.61. The van der Waals surface area contributed by atoms with Gasteiger partial charge in [0.1, 0.15) is 12.3 Å². The number of rotatable bonds is 12. The molecule has 174 valence electrons. The van der Waals surface area contributed by atoms with Gasteiger partial charge in [0.15, 0.2) is 11.5 Å². The summed E-state index contributed by atoms with van der Waals surface area (Å²) < 4.78 is 16.3. The summed E-state index contributed by atoms with van der Waals surface area (Å²) in [6.07, 6.45) is 0.633. The van der Waals surface area contributed by atoms with Gasteiger partial charge in [-0.05, 0) is 69.2 Å². The maximum Gasteiger partial charge on any atom is 0.317 e. The third kappa shape index (κ3) is 7.68. The van der Waals surface area contributed by atoms with Gasteiger partial charge in [0.25, 0.3) is 0 Å². The van der Waals surface area contributed by atoms with Crippen LogP contribution < -0.4 is 24.8 Å². The van der Waals surface area contributed by atoms with Gasteiger partial charge >= 0.3 is 6.03 Å². The second-order valence-electron chi connectivity index (χ2n) is 6.92. The molecule has 0 aromatic heterocycles. The van der Waals surface area contributed by atoms with Gasteiger partial charge in [-0.15, -0.1) is 0 Å². The molecule has 0 radical (unpaired) electrons. The number of carbonyl (C=O) groups is 2. The molecule has 8 heteroatoms. The van der Waals surface area contributed by atoms with Crippen LogP contribution in [0.4, 0.5) is 10.5 Å². The van der Waals surface area contributed by atoms with Crippen LogP contribution in [0.2, 0.25) is 0 Å². The van der Waals surface area contributed by atoms with E-state index in [-0.39, 0.29) is 18.5 Å². The summed E-state index contributed by atoms with van der Waals surface area (Å²) in [7, 11) is 1.58. The lowest BCUT2D eigenvalue weighted by Crippen LogP contribution is -2.44. The van der Waals surface area contributed by atoms with Crippen LogP contribution in [0.25, 0.3) is 0 Å². The number of hydrogen-bond donors (Lipinski definition) is 2. The third-order valence-corrected chi connectivity index (χ3v) is 4.67. The van der Waals surface area contributed by atoms with Gasteiger partial charge in [0.2, 0.25) is 5.91 Å². The first-order chi connectivity index (χ1) is 15.5. The largest absolute Gasteiger partial charge is 0.497 e. The third-order valence-electron chi connectivity index (χ3n) is 4.67. The average molecular weight is 444 g/mol. The Hall–Kier alpha value is -3.42. The lowest BCUT2D eigenvalue weighted by molar-refractivity contribution is -0.116.